The first kappa shape index (κ1) is 16.2. The van der Waals surface area contributed by atoms with Crippen LogP contribution in [0.5, 0.6) is 0 Å². The number of aromatic carboxylic acids is 1. The molecule has 124 valence electrons. The minimum atomic E-state index is -3.67. The van der Waals surface area contributed by atoms with Crippen LogP contribution in [0, 0.1) is 0 Å². The Morgan fingerprint density at radius 2 is 1.83 bits per heavy atom. The number of hydrogen-bond acceptors (Lipinski definition) is 4. The highest BCUT2D eigenvalue weighted by molar-refractivity contribution is 7.89. The van der Waals surface area contributed by atoms with Crippen molar-refractivity contribution in [1.29, 1.82) is 0 Å². The third-order valence-electron chi connectivity index (χ3n) is 3.56. The second-order valence-electron chi connectivity index (χ2n) is 5.25. The molecular formula is C17H15NO5S. The molecule has 6 nitrogen and oxygen atoms in total. The lowest BCUT2D eigenvalue weighted by atomic mass is 10.2. The molecule has 0 unspecified atom stereocenters. The van der Waals surface area contributed by atoms with Gasteiger partial charge in [0.25, 0.3) is 0 Å². The molecule has 2 N–H and O–H groups in total. The third-order valence-corrected chi connectivity index (χ3v) is 5.02. The predicted octanol–water partition coefficient (Wildman–Crippen LogP) is 2.65. The minimum absolute atomic E-state index is 0.0702. The fraction of sp³-hybridized carbons (Fsp3) is 0.118. The summed E-state index contributed by atoms with van der Waals surface area (Å²) in [5.41, 5.74) is 1.37. The molecule has 0 aliphatic rings. The van der Waals surface area contributed by atoms with E-state index in [4.69, 9.17) is 9.52 Å². The zero-order valence-corrected chi connectivity index (χ0v) is 13.4. The Kier molecular flexibility index (Phi) is 4.37. The Morgan fingerprint density at radius 1 is 1.08 bits per heavy atom. The van der Waals surface area contributed by atoms with Gasteiger partial charge in [0.05, 0.1) is 4.90 Å². The van der Waals surface area contributed by atoms with E-state index in [2.05, 4.69) is 4.72 Å². The Labute approximate surface area is 138 Å². The fourth-order valence-electron chi connectivity index (χ4n) is 2.35. The van der Waals surface area contributed by atoms with Crippen molar-refractivity contribution in [2.45, 2.75) is 11.3 Å². The van der Waals surface area contributed by atoms with E-state index in [1.807, 2.05) is 30.3 Å². The minimum Gasteiger partial charge on any atom is -0.475 e. The van der Waals surface area contributed by atoms with Crippen LogP contribution in [0.4, 0.5) is 0 Å². The van der Waals surface area contributed by atoms with Crippen LogP contribution in [0.2, 0.25) is 0 Å². The van der Waals surface area contributed by atoms with E-state index in [1.54, 1.807) is 0 Å². The summed E-state index contributed by atoms with van der Waals surface area (Å²) in [6.45, 7) is 0.274. The molecule has 1 heterocycles. The molecule has 3 aromatic rings. The van der Waals surface area contributed by atoms with Gasteiger partial charge in [0.15, 0.2) is 0 Å². The Morgan fingerprint density at radius 3 is 2.54 bits per heavy atom. The van der Waals surface area contributed by atoms with Crippen LogP contribution in [0.25, 0.3) is 11.0 Å². The van der Waals surface area contributed by atoms with Gasteiger partial charge in [0.1, 0.15) is 5.58 Å². The van der Waals surface area contributed by atoms with Gasteiger partial charge in [0, 0.05) is 11.9 Å². The fourth-order valence-corrected chi connectivity index (χ4v) is 3.42. The van der Waals surface area contributed by atoms with Gasteiger partial charge in [-0.05, 0) is 36.2 Å². The lowest BCUT2D eigenvalue weighted by Gasteiger charge is -2.07. The van der Waals surface area contributed by atoms with Gasteiger partial charge >= 0.3 is 5.97 Å². The Bertz CT molecular complexity index is 977. The number of carboxylic acids is 1. The molecule has 0 atom stereocenters. The highest BCUT2D eigenvalue weighted by atomic mass is 32.2. The van der Waals surface area contributed by atoms with Crippen molar-refractivity contribution < 1.29 is 22.7 Å². The SMILES string of the molecule is O=C(O)c1cc2cc(S(=O)(=O)NCCc3ccccc3)ccc2o1. The number of rotatable bonds is 6. The first-order valence-electron chi connectivity index (χ1n) is 7.26. The summed E-state index contributed by atoms with van der Waals surface area (Å²) in [5.74, 6) is -1.42. The molecule has 0 aliphatic heterocycles. The highest BCUT2D eigenvalue weighted by Crippen LogP contribution is 2.23. The van der Waals surface area contributed by atoms with Gasteiger partial charge in [-0.15, -0.1) is 0 Å². The van der Waals surface area contributed by atoms with E-state index in [9.17, 15) is 13.2 Å². The Hall–Kier alpha value is -2.64. The molecule has 24 heavy (non-hydrogen) atoms. The van der Waals surface area contributed by atoms with Gasteiger partial charge in [0.2, 0.25) is 15.8 Å². The smallest absolute Gasteiger partial charge is 0.371 e. The van der Waals surface area contributed by atoms with Crippen molar-refractivity contribution in [3.63, 3.8) is 0 Å². The highest BCUT2D eigenvalue weighted by Gasteiger charge is 2.16. The van der Waals surface area contributed by atoms with Crippen LogP contribution in [0.15, 0.2) is 63.9 Å². The maximum atomic E-state index is 12.3. The topological polar surface area (TPSA) is 96.6 Å². The average molecular weight is 345 g/mol. The molecule has 2 aromatic carbocycles. The van der Waals surface area contributed by atoms with Crippen molar-refractivity contribution in [2.75, 3.05) is 6.54 Å². The molecule has 3 rings (SSSR count). The molecule has 0 fully saturated rings. The van der Waals surface area contributed by atoms with Crippen LogP contribution in [-0.2, 0) is 16.4 Å². The predicted molar refractivity (Wildman–Crippen MR) is 88.5 cm³/mol. The van der Waals surface area contributed by atoms with E-state index < -0.39 is 16.0 Å². The van der Waals surface area contributed by atoms with E-state index in [-0.39, 0.29) is 17.2 Å². The van der Waals surface area contributed by atoms with Gasteiger partial charge < -0.3 is 9.52 Å². The number of sulfonamides is 1. The zero-order valence-electron chi connectivity index (χ0n) is 12.6. The molecule has 0 amide bonds. The first-order chi connectivity index (χ1) is 11.5. The van der Waals surface area contributed by atoms with Gasteiger partial charge in [-0.25, -0.2) is 17.9 Å². The lowest BCUT2D eigenvalue weighted by molar-refractivity contribution is 0.0665. The molecule has 7 heteroatoms. The number of carbonyl (C=O) groups is 1. The van der Waals surface area contributed by atoms with Crippen LogP contribution >= 0.6 is 0 Å². The molecular weight excluding hydrogens is 330 g/mol. The largest absolute Gasteiger partial charge is 0.475 e. The molecule has 0 bridgehead atoms. The number of furan rings is 1. The summed E-state index contributed by atoms with van der Waals surface area (Å²) in [7, 11) is -3.67. The van der Waals surface area contributed by atoms with Crippen molar-refractivity contribution >= 4 is 27.0 Å². The monoisotopic (exact) mass is 345 g/mol. The van der Waals surface area contributed by atoms with E-state index in [0.717, 1.165) is 5.56 Å². The normalized spacial score (nSPS) is 11.7. The summed E-state index contributed by atoms with van der Waals surface area (Å²) in [6, 6.07) is 15.1. The molecule has 0 saturated heterocycles. The lowest BCUT2D eigenvalue weighted by Crippen LogP contribution is -2.25. The summed E-state index contributed by atoms with van der Waals surface area (Å²) >= 11 is 0. The third kappa shape index (κ3) is 3.47. The van der Waals surface area contributed by atoms with E-state index in [1.165, 1.54) is 24.3 Å². The summed E-state index contributed by atoms with van der Waals surface area (Å²) < 4.78 is 32.4. The number of carboxylic acid groups (broad SMARTS) is 1. The van der Waals surface area contributed by atoms with Crippen molar-refractivity contribution in [3.05, 3.63) is 65.9 Å². The molecule has 0 spiro atoms. The zero-order chi connectivity index (χ0) is 17.2. The van der Waals surface area contributed by atoms with Crippen molar-refractivity contribution in [3.8, 4) is 0 Å². The number of nitrogens with one attached hydrogen (secondary N) is 1. The standard InChI is InChI=1S/C17H15NO5S/c19-17(20)16-11-13-10-14(6-7-15(13)23-16)24(21,22)18-9-8-12-4-2-1-3-5-12/h1-7,10-11,18H,8-9H2,(H,19,20). The second-order valence-corrected chi connectivity index (χ2v) is 7.02. The van der Waals surface area contributed by atoms with Crippen LogP contribution in [0.3, 0.4) is 0 Å². The number of fused-ring (bicyclic) bond motifs is 1. The van der Waals surface area contributed by atoms with E-state index >= 15 is 0 Å². The van der Waals surface area contributed by atoms with Crippen molar-refractivity contribution in [2.24, 2.45) is 0 Å². The average Bonchev–Trinajstić information content (AvgIpc) is 2.99. The van der Waals surface area contributed by atoms with Gasteiger partial charge in [-0.1, -0.05) is 30.3 Å². The van der Waals surface area contributed by atoms with Crippen LogP contribution < -0.4 is 4.72 Å². The maximum absolute atomic E-state index is 12.3. The second kappa shape index (κ2) is 6.46. The maximum Gasteiger partial charge on any atom is 0.371 e. The van der Waals surface area contributed by atoms with Gasteiger partial charge in [-0.2, -0.15) is 0 Å². The number of benzene rings is 2. The quantitative estimate of drug-likeness (QED) is 0.716. The Balaban J connectivity index is 1.76. The molecule has 0 saturated carbocycles. The van der Waals surface area contributed by atoms with Crippen LogP contribution in [0.1, 0.15) is 16.1 Å². The summed E-state index contributed by atoms with van der Waals surface area (Å²) in [5, 5.41) is 9.34. The van der Waals surface area contributed by atoms with Crippen molar-refractivity contribution in [1.82, 2.24) is 4.72 Å². The van der Waals surface area contributed by atoms with Crippen LogP contribution in [-0.4, -0.2) is 26.0 Å². The summed E-state index contributed by atoms with van der Waals surface area (Å²) in [4.78, 5) is 11.0. The molecule has 0 aliphatic carbocycles. The molecule has 1 aromatic heterocycles. The van der Waals surface area contributed by atoms with E-state index in [0.29, 0.717) is 17.4 Å². The first-order valence-corrected chi connectivity index (χ1v) is 8.74. The summed E-state index contributed by atoms with van der Waals surface area (Å²) in [6.07, 6.45) is 0.581. The molecule has 0 radical (unpaired) electrons. The number of hydrogen-bond donors (Lipinski definition) is 2. The van der Waals surface area contributed by atoms with Gasteiger partial charge in [-0.3, -0.25) is 0 Å².